The number of nitrogens with two attached hydrogens (primary N) is 1. The molecular weight excluding hydrogens is 264 g/mol. The lowest BCUT2D eigenvalue weighted by atomic mass is 10.1. The maximum absolute atomic E-state index is 5.98. The van der Waals surface area contributed by atoms with Gasteiger partial charge in [-0.2, -0.15) is 0 Å². The van der Waals surface area contributed by atoms with Gasteiger partial charge in [0.2, 0.25) is 0 Å². The number of hydrogen-bond donors (Lipinski definition) is 2. The molecule has 0 aliphatic carbocycles. The van der Waals surface area contributed by atoms with Crippen molar-refractivity contribution >= 4 is 22.6 Å². The highest BCUT2D eigenvalue weighted by Crippen LogP contribution is 2.32. The van der Waals surface area contributed by atoms with Crippen LogP contribution in [0.2, 0.25) is 5.22 Å². The summed E-state index contributed by atoms with van der Waals surface area (Å²) in [6, 6.07) is 9.40. The highest BCUT2D eigenvalue weighted by Gasteiger charge is 2.21. The zero-order chi connectivity index (χ0) is 13.4. The summed E-state index contributed by atoms with van der Waals surface area (Å²) in [6.45, 7) is 2.04. The molecule has 0 saturated carbocycles. The second kappa shape index (κ2) is 4.74. The Balaban J connectivity index is 2.09. The van der Waals surface area contributed by atoms with Crippen LogP contribution < -0.4 is 11.3 Å². The first-order valence-corrected chi connectivity index (χ1v) is 6.26. The number of rotatable bonds is 3. The van der Waals surface area contributed by atoms with Crippen molar-refractivity contribution < 1.29 is 8.83 Å². The number of furan rings is 2. The molecule has 0 aliphatic rings. The third-order valence-corrected chi connectivity index (χ3v) is 3.41. The summed E-state index contributed by atoms with van der Waals surface area (Å²) in [5, 5.41) is 1.34. The van der Waals surface area contributed by atoms with E-state index in [1.165, 1.54) is 11.8 Å². The molecule has 98 valence electrons. The van der Waals surface area contributed by atoms with Crippen molar-refractivity contribution in [1.29, 1.82) is 0 Å². The summed E-state index contributed by atoms with van der Waals surface area (Å²) in [5.41, 5.74) is 5.45. The third-order valence-electron chi connectivity index (χ3n) is 3.10. The molecule has 0 saturated heterocycles. The van der Waals surface area contributed by atoms with Crippen LogP contribution in [-0.4, -0.2) is 0 Å². The average Bonchev–Trinajstić information content (AvgIpc) is 2.97. The van der Waals surface area contributed by atoms with Crippen LogP contribution in [0.25, 0.3) is 11.0 Å². The minimum absolute atomic E-state index is 0.305. The number of hydrogen-bond acceptors (Lipinski definition) is 4. The van der Waals surface area contributed by atoms with E-state index in [1.807, 2.05) is 25.1 Å². The largest absolute Gasteiger partial charge is 0.459 e. The van der Waals surface area contributed by atoms with Crippen LogP contribution in [0.3, 0.4) is 0 Å². The Hall–Kier alpha value is -1.75. The van der Waals surface area contributed by atoms with Gasteiger partial charge in [-0.3, -0.25) is 5.84 Å². The molecule has 4 nitrogen and oxygen atoms in total. The van der Waals surface area contributed by atoms with Crippen molar-refractivity contribution in [2.45, 2.75) is 13.0 Å². The molecule has 0 aliphatic heterocycles. The number of aryl methyl sites for hydroxylation is 1. The monoisotopic (exact) mass is 276 g/mol. The average molecular weight is 277 g/mol. The molecule has 2 heterocycles. The van der Waals surface area contributed by atoms with E-state index in [0.717, 1.165) is 16.5 Å². The van der Waals surface area contributed by atoms with E-state index in [-0.39, 0.29) is 6.04 Å². The van der Waals surface area contributed by atoms with Gasteiger partial charge in [-0.05, 0) is 42.8 Å². The Bertz CT molecular complexity index is 717. The molecule has 1 atom stereocenters. The molecular formula is C14H13ClN2O2. The van der Waals surface area contributed by atoms with Crippen LogP contribution in [0.4, 0.5) is 0 Å². The topological polar surface area (TPSA) is 64.3 Å². The van der Waals surface area contributed by atoms with E-state index in [1.54, 1.807) is 6.07 Å². The second-order valence-electron chi connectivity index (χ2n) is 4.44. The zero-order valence-corrected chi connectivity index (χ0v) is 11.1. The van der Waals surface area contributed by atoms with Gasteiger partial charge in [0.05, 0.1) is 6.26 Å². The summed E-state index contributed by atoms with van der Waals surface area (Å²) in [5.74, 6) is 6.31. The quantitative estimate of drug-likeness (QED) is 0.567. The molecule has 0 fully saturated rings. The Labute approximate surface area is 115 Å². The second-order valence-corrected chi connectivity index (χ2v) is 4.78. The number of benzene rings is 1. The summed E-state index contributed by atoms with van der Waals surface area (Å²) >= 11 is 5.98. The van der Waals surface area contributed by atoms with Gasteiger partial charge in [0.25, 0.3) is 0 Å². The van der Waals surface area contributed by atoms with Gasteiger partial charge in [-0.25, -0.2) is 5.43 Å². The predicted octanol–water partition coefficient (Wildman–Crippen LogP) is 3.54. The zero-order valence-electron chi connectivity index (χ0n) is 10.3. The number of hydrazine groups is 1. The first kappa shape index (κ1) is 12.3. The van der Waals surface area contributed by atoms with Gasteiger partial charge in [-0.15, -0.1) is 0 Å². The molecule has 1 unspecified atom stereocenters. The fourth-order valence-corrected chi connectivity index (χ4v) is 2.38. The Morgan fingerprint density at radius 1 is 1.26 bits per heavy atom. The van der Waals surface area contributed by atoms with Crippen molar-refractivity contribution in [1.82, 2.24) is 5.43 Å². The van der Waals surface area contributed by atoms with E-state index in [4.69, 9.17) is 26.3 Å². The van der Waals surface area contributed by atoms with Crippen molar-refractivity contribution in [3.63, 3.8) is 0 Å². The van der Waals surface area contributed by atoms with E-state index in [0.29, 0.717) is 11.0 Å². The van der Waals surface area contributed by atoms with Crippen molar-refractivity contribution in [2.75, 3.05) is 0 Å². The van der Waals surface area contributed by atoms with Crippen LogP contribution in [-0.2, 0) is 0 Å². The summed E-state index contributed by atoms with van der Waals surface area (Å²) < 4.78 is 10.9. The van der Waals surface area contributed by atoms with E-state index in [9.17, 15) is 0 Å². The normalized spacial score (nSPS) is 13.0. The predicted molar refractivity (Wildman–Crippen MR) is 73.8 cm³/mol. The molecule has 0 amide bonds. The van der Waals surface area contributed by atoms with Crippen molar-refractivity contribution in [3.8, 4) is 0 Å². The molecule has 0 radical (unpaired) electrons. The molecule has 1 aromatic carbocycles. The van der Waals surface area contributed by atoms with Gasteiger partial charge in [0.1, 0.15) is 17.4 Å². The van der Waals surface area contributed by atoms with E-state index >= 15 is 0 Å². The van der Waals surface area contributed by atoms with Gasteiger partial charge in [0.15, 0.2) is 5.22 Å². The number of nitrogens with one attached hydrogen (secondary N) is 1. The van der Waals surface area contributed by atoms with Gasteiger partial charge >= 0.3 is 0 Å². The summed E-state index contributed by atoms with van der Waals surface area (Å²) in [7, 11) is 0. The van der Waals surface area contributed by atoms with Crippen LogP contribution in [0.15, 0.2) is 45.4 Å². The van der Waals surface area contributed by atoms with Crippen LogP contribution in [0, 0.1) is 6.92 Å². The lowest BCUT2D eigenvalue weighted by molar-refractivity contribution is 0.472. The van der Waals surface area contributed by atoms with Crippen molar-refractivity contribution in [3.05, 3.63) is 58.7 Å². The van der Waals surface area contributed by atoms with Gasteiger partial charge in [-0.1, -0.05) is 11.6 Å². The Morgan fingerprint density at radius 3 is 2.79 bits per heavy atom. The first-order valence-electron chi connectivity index (χ1n) is 5.88. The highest BCUT2D eigenvalue weighted by atomic mass is 35.5. The number of fused-ring (bicyclic) bond motifs is 1. The molecule has 3 rings (SSSR count). The smallest absolute Gasteiger partial charge is 0.198 e. The van der Waals surface area contributed by atoms with Crippen LogP contribution >= 0.6 is 11.6 Å². The minimum Gasteiger partial charge on any atom is -0.459 e. The first-order chi connectivity index (χ1) is 9.19. The molecule has 0 bridgehead atoms. The molecule has 5 heteroatoms. The molecule has 0 spiro atoms. The van der Waals surface area contributed by atoms with E-state index in [2.05, 4.69) is 11.5 Å². The molecule has 19 heavy (non-hydrogen) atoms. The van der Waals surface area contributed by atoms with E-state index < -0.39 is 0 Å². The van der Waals surface area contributed by atoms with Crippen LogP contribution in [0.5, 0.6) is 0 Å². The minimum atomic E-state index is -0.334. The summed E-state index contributed by atoms with van der Waals surface area (Å²) in [4.78, 5) is 0. The lowest BCUT2D eigenvalue weighted by Gasteiger charge is -2.11. The summed E-state index contributed by atoms with van der Waals surface area (Å²) in [6.07, 6.45) is 1.52. The van der Waals surface area contributed by atoms with Gasteiger partial charge < -0.3 is 8.83 Å². The third kappa shape index (κ3) is 2.14. The SMILES string of the molecule is Cc1ccc2oc(C(NN)c3ccoc3Cl)cc2c1. The van der Waals surface area contributed by atoms with Crippen molar-refractivity contribution in [2.24, 2.45) is 5.84 Å². The fourth-order valence-electron chi connectivity index (χ4n) is 2.16. The standard InChI is InChI=1S/C14H13ClN2O2/c1-8-2-3-11-9(6-8)7-12(19-11)13(17-16)10-4-5-18-14(10)15/h2-7,13,17H,16H2,1H3. The Kier molecular flexibility index (Phi) is 3.06. The lowest BCUT2D eigenvalue weighted by Crippen LogP contribution is -2.28. The molecule has 3 N–H and O–H groups in total. The van der Waals surface area contributed by atoms with Gasteiger partial charge in [0, 0.05) is 10.9 Å². The maximum Gasteiger partial charge on any atom is 0.198 e. The van der Waals surface area contributed by atoms with Crippen LogP contribution in [0.1, 0.15) is 22.9 Å². The number of halogens is 1. The maximum atomic E-state index is 5.98. The fraction of sp³-hybridized carbons (Fsp3) is 0.143. The molecule has 2 aromatic heterocycles. The highest BCUT2D eigenvalue weighted by molar-refractivity contribution is 6.29. The Morgan fingerprint density at radius 2 is 2.11 bits per heavy atom. The molecule has 3 aromatic rings.